The topological polar surface area (TPSA) is 66.7 Å². The van der Waals surface area contributed by atoms with Crippen molar-refractivity contribution in [3.8, 4) is 0 Å². The number of halogens is 1. The van der Waals surface area contributed by atoms with Crippen molar-refractivity contribution in [2.75, 3.05) is 31.1 Å². The molecule has 7 heteroatoms. The number of amides is 1. The van der Waals surface area contributed by atoms with E-state index in [1.807, 2.05) is 4.90 Å². The standard InChI is InChI=1S/C18H18FN3O3/c19-15-7-5-14(6-8-15)13-18(23)21-11-9-20(10-12-21)16-3-1-2-4-17(16)22(24)25/h1-8H,9-13H2. The summed E-state index contributed by atoms with van der Waals surface area (Å²) in [5.74, 6) is -0.344. The predicted octanol–water partition coefficient (Wildman–Crippen LogP) is 2.63. The summed E-state index contributed by atoms with van der Waals surface area (Å²) in [6.45, 7) is 2.10. The van der Waals surface area contributed by atoms with E-state index in [-0.39, 0.29) is 28.8 Å². The van der Waals surface area contributed by atoms with Crippen LogP contribution in [0.3, 0.4) is 0 Å². The van der Waals surface area contributed by atoms with Gasteiger partial charge in [-0.1, -0.05) is 24.3 Å². The Morgan fingerprint density at radius 1 is 1.04 bits per heavy atom. The van der Waals surface area contributed by atoms with E-state index < -0.39 is 0 Å². The first kappa shape index (κ1) is 16.9. The lowest BCUT2D eigenvalue weighted by Gasteiger charge is -2.35. The summed E-state index contributed by atoms with van der Waals surface area (Å²) in [6, 6.07) is 12.5. The van der Waals surface area contributed by atoms with Crippen LogP contribution < -0.4 is 4.90 Å². The number of hydrogen-bond acceptors (Lipinski definition) is 4. The van der Waals surface area contributed by atoms with Crippen LogP contribution in [0.5, 0.6) is 0 Å². The lowest BCUT2D eigenvalue weighted by molar-refractivity contribution is -0.384. The molecule has 0 atom stereocenters. The zero-order valence-electron chi connectivity index (χ0n) is 13.6. The summed E-state index contributed by atoms with van der Waals surface area (Å²) in [7, 11) is 0. The fraction of sp³-hybridized carbons (Fsp3) is 0.278. The van der Waals surface area contributed by atoms with E-state index in [4.69, 9.17) is 0 Å². The van der Waals surface area contributed by atoms with Crippen molar-refractivity contribution in [3.05, 3.63) is 70.0 Å². The van der Waals surface area contributed by atoms with Crippen molar-refractivity contribution in [1.82, 2.24) is 4.90 Å². The molecule has 1 aliphatic rings. The molecule has 2 aromatic rings. The second kappa shape index (κ2) is 7.29. The fourth-order valence-electron chi connectivity index (χ4n) is 2.97. The van der Waals surface area contributed by atoms with Crippen molar-refractivity contribution in [1.29, 1.82) is 0 Å². The molecule has 0 bridgehead atoms. The van der Waals surface area contributed by atoms with Gasteiger partial charge in [-0.15, -0.1) is 0 Å². The van der Waals surface area contributed by atoms with Crippen molar-refractivity contribution < 1.29 is 14.1 Å². The molecular weight excluding hydrogens is 325 g/mol. The molecule has 2 aromatic carbocycles. The Bertz CT molecular complexity index is 771. The largest absolute Gasteiger partial charge is 0.362 e. The summed E-state index contributed by atoms with van der Waals surface area (Å²) in [5.41, 5.74) is 1.43. The van der Waals surface area contributed by atoms with Gasteiger partial charge < -0.3 is 9.80 Å². The minimum absolute atomic E-state index is 0.0196. The molecule has 0 saturated carbocycles. The fourth-order valence-corrected chi connectivity index (χ4v) is 2.97. The van der Waals surface area contributed by atoms with Crippen LogP contribution in [0, 0.1) is 15.9 Å². The summed E-state index contributed by atoms with van der Waals surface area (Å²) in [6.07, 6.45) is 0.228. The van der Waals surface area contributed by atoms with Gasteiger partial charge in [0.05, 0.1) is 11.3 Å². The Kier molecular flexibility index (Phi) is 4.92. The molecule has 1 fully saturated rings. The lowest BCUT2D eigenvalue weighted by Crippen LogP contribution is -2.49. The summed E-state index contributed by atoms with van der Waals surface area (Å²) >= 11 is 0. The third-order valence-corrected chi connectivity index (χ3v) is 4.32. The van der Waals surface area contributed by atoms with Gasteiger partial charge in [0.15, 0.2) is 0 Å². The third-order valence-electron chi connectivity index (χ3n) is 4.32. The van der Waals surface area contributed by atoms with Crippen molar-refractivity contribution >= 4 is 17.3 Å². The molecule has 1 amide bonds. The second-order valence-corrected chi connectivity index (χ2v) is 5.92. The van der Waals surface area contributed by atoms with Crippen LogP contribution >= 0.6 is 0 Å². The molecule has 0 unspecified atom stereocenters. The average molecular weight is 343 g/mol. The van der Waals surface area contributed by atoms with Gasteiger partial charge >= 0.3 is 0 Å². The number of carbonyl (C=O) groups is 1. The summed E-state index contributed by atoms with van der Waals surface area (Å²) < 4.78 is 12.9. The number of nitrogens with zero attached hydrogens (tertiary/aromatic N) is 3. The van der Waals surface area contributed by atoms with E-state index in [1.165, 1.54) is 18.2 Å². The third kappa shape index (κ3) is 3.93. The van der Waals surface area contributed by atoms with Crippen LogP contribution in [-0.2, 0) is 11.2 Å². The number of nitro benzene ring substituents is 1. The van der Waals surface area contributed by atoms with Crippen LogP contribution in [0.2, 0.25) is 0 Å². The molecule has 25 heavy (non-hydrogen) atoms. The van der Waals surface area contributed by atoms with Gasteiger partial charge in [-0.25, -0.2) is 4.39 Å². The zero-order valence-corrected chi connectivity index (χ0v) is 13.6. The normalized spacial score (nSPS) is 14.4. The van der Waals surface area contributed by atoms with E-state index in [2.05, 4.69) is 0 Å². The van der Waals surface area contributed by atoms with Gasteiger partial charge in [0.1, 0.15) is 11.5 Å². The Labute approximate surface area is 144 Å². The van der Waals surface area contributed by atoms with E-state index in [1.54, 1.807) is 35.2 Å². The number of hydrogen-bond donors (Lipinski definition) is 0. The maximum Gasteiger partial charge on any atom is 0.292 e. The van der Waals surface area contributed by atoms with Crippen LogP contribution in [0.4, 0.5) is 15.8 Å². The average Bonchev–Trinajstić information content (AvgIpc) is 2.63. The predicted molar refractivity (Wildman–Crippen MR) is 92.0 cm³/mol. The Morgan fingerprint density at radius 2 is 1.68 bits per heavy atom. The number of nitro groups is 1. The number of para-hydroxylation sites is 2. The number of anilines is 1. The quantitative estimate of drug-likeness (QED) is 0.632. The van der Waals surface area contributed by atoms with Crippen LogP contribution in [0.1, 0.15) is 5.56 Å². The Morgan fingerprint density at radius 3 is 2.32 bits per heavy atom. The highest BCUT2D eigenvalue weighted by Crippen LogP contribution is 2.28. The number of rotatable bonds is 4. The Balaban J connectivity index is 1.61. The number of carbonyl (C=O) groups excluding carboxylic acids is 1. The zero-order chi connectivity index (χ0) is 17.8. The maximum absolute atomic E-state index is 12.9. The number of benzene rings is 2. The maximum atomic E-state index is 12.9. The lowest BCUT2D eigenvalue weighted by atomic mass is 10.1. The SMILES string of the molecule is O=C(Cc1ccc(F)cc1)N1CCN(c2ccccc2[N+](=O)[O-])CC1. The first-order valence-electron chi connectivity index (χ1n) is 8.05. The molecule has 0 aliphatic carbocycles. The molecule has 0 aromatic heterocycles. The van der Waals surface area contributed by atoms with Crippen molar-refractivity contribution in [2.24, 2.45) is 0 Å². The first-order chi connectivity index (χ1) is 12.0. The first-order valence-corrected chi connectivity index (χ1v) is 8.05. The van der Waals surface area contributed by atoms with E-state index in [0.29, 0.717) is 31.9 Å². The summed E-state index contributed by atoms with van der Waals surface area (Å²) in [4.78, 5) is 26.8. The second-order valence-electron chi connectivity index (χ2n) is 5.92. The smallest absolute Gasteiger partial charge is 0.292 e. The molecule has 3 rings (SSSR count). The molecule has 1 aliphatic heterocycles. The van der Waals surface area contributed by atoms with E-state index in [0.717, 1.165) is 5.56 Å². The molecule has 1 saturated heterocycles. The van der Waals surface area contributed by atoms with Gasteiger partial charge in [-0.05, 0) is 23.8 Å². The van der Waals surface area contributed by atoms with Crippen molar-refractivity contribution in [3.63, 3.8) is 0 Å². The van der Waals surface area contributed by atoms with Gasteiger partial charge in [-0.3, -0.25) is 14.9 Å². The molecule has 0 spiro atoms. The van der Waals surface area contributed by atoms with Crippen LogP contribution in [0.25, 0.3) is 0 Å². The van der Waals surface area contributed by atoms with Crippen LogP contribution in [-0.4, -0.2) is 41.9 Å². The van der Waals surface area contributed by atoms with Gasteiger partial charge in [0.25, 0.3) is 5.69 Å². The minimum Gasteiger partial charge on any atom is -0.362 e. The highest BCUT2D eigenvalue weighted by Gasteiger charge is 2.25. The molecule has 6 nitrogen and oxygen atoms in total. The molecule has 0 N–H and O–H groups in total. The summed E-state index contributed by atoms with van der Waals surface area (Å²) in [5, 5.41) is 11.2. The van der Waals surface area contributed by atoms with Gasteiger partial charge in [-0.2, -0.15) is 0 Å². The molecule has 0 radical (unpaired) electrons. The number of piperazine rings is 1. The molecule has 130 valence electrons. The van der Waals surface area contributed by atoms with Gasteiger partial charge in [0, 0.05) is 32.2 Å². The van der Waals surface area contributed by atoms with E-state index in [9.17, 15) is 19.3 Å². The van der Waals surface area contributed by atoms with E-state index >= 15 is 0 Å². The van der Waals surface area contributed by atoms with Gasteiger partial charge in [0.2, 0.25) is 5.91 Å². The minimum atomic E-state index is -0.388. The van der Waals surface area contributed by atoms with Crippen molar-refractivity contribution in [2.45, 2.75) is 6.42 Å². The highest BCUT2D eigenvalue weighted by molar-refractivity contribution is 5.79. The highest BCUT2D eigenvalue weighted by atomic mass is 19.1. The molecular formula is C18H18FN3O3. The van der Waals surface area contributed by atoms with Crippen LogP contribution in [0.15, 0.2) is 48.5 Å². The monoisotopic (exact) mass is 343 g/mol. The Hall–Kier alpha value is -2.96. The molecule has 1 heterocycles.